The average molecular weight is 428 g/mol. The Morgan fingerprint density at radius 2 is 1.94 bits per heavy atom. The van der Waals surface area contributed by atoms with E-state index < -0.39 is 10.8 Å². The number of benzene rings is 1. The summed E-state index contributed by atoms with van der Waals surface area (Å²) < 4.78 is 2.89. The Kier molecular flexibility index (Phi) is 5.08. The maximum atomic E-state index is 13.0. The van der Waals surface area contributed by atoms with Crippen LogP contribution in [0.5, 0.6) is 0 Å². The monoisotopic (exact) mass is 428 g/mol. The molecule has 4 aromatic rings. The van der Waals surface area contributed by atoms with Crippen LogP contribution in [0.4, 0.5) is 5.69 Å². The van der Waals surface area contributed by atoms with Gasteiger partial charge in [0.25, 0.3) is 17.2 Å². The van der Waals surface area contributed by atoms with Gasteiger partial charge >= 0.3 is 0 Å². The van der Waals surface area contributed by atoms with E-state index in [2.05, 4.69) is 9.98 Å². The summed E-state index contributed by atoms with van der Waals surface area (Å²) in [6.07, 6.45) is 1.58. The van der Waals surface area contributed by atoms with Crippen molar-refractivity contribution in [1.29, 1.82) is 5.26 Å². The van der Waals surface area contributed by atoms with Crippen LogP contribution in [0.1, 0.15) is 35.8 Å². The quantitative estimate of drug-likeness (QED) is 0.280. The van der Waals surface area contributed by atoms with E-state index in [4.69, 9.17) is 0 Å². The first-order valence-corrected chi connectivity index (χ1v) is 9.62. The minimum absolute atomic E-state index is 0.0204. The minimum Gasteiger partial charge on any atom is -0.306 e. The SMILES string of the molecule is CC(C)n1c(=NC(=O)c2ccccc2[N+](=O)[O-])c(C#N)cc2c(=O)n3ccccc3nc21. The Bertz CT molecular complexity index is 1590. The number of hydrogen-bond donors (Lipinski definition) is 0. The van der Waals surface area contributed by atoms with Gasteiger partial charge in [-0.05, 0) is 38.1 Å². The normalized spacial score (nSPS) is 11.8. The van der Waals surface area contributed by atoms with Crippen molar-refractivity contribution >= 4 is 28.3 Å². The first kappa shape index (κ1) is 20.6. The van der Waals surface area contributed by atoms with E-state index in [-0.39, 0.29) is 44.9 Å². The lowest BCUT2D eigenvalue weighted by Gasteiger charge is -2.16. The summed E-state index contributed by atoms with van der Waals surface area (Å²) in [6, 6.07) is 13.5. The van der Waals surface area contributed by atoms with Crippen LogP contribution in [-0.2, 0) is 0 Å². The molecule has 1 aromatic carbocycles. The van der Waals surface area contributed by atoms with Crippen molar-refractivity contribution in [3.8, 4) is 6.07 Å². The van der Waals surface area contributed by atoms with Gasteiger partial charge in [-0.25, -0.2) is 4.98 Å². The van der Waals surface area contributed by atoms with Crippen LogP contribution in [0.25, 0.3) is 16.7 Å². The summed E-state index contributed by atoms with van der Waals surface area (Å²) in [4.78, 5) is 45.2. The number of para-hydroxylation sites is 1. The minimum atomic E-state index is -0.875. The van der Waals surface area contributed by atoms with E-state index in [1.165, 1.54) is 39.3 Å². The molecule has 0 saturated carbocycles. The third-order valence-corrected chi connectivity index (χ3v) is 4.91. The number of nitro groups is 1. The van der Waals surface area contributed by atoms with Crippen LogP contribution >= 0.6 is 0 Å². The molecule has 0 aliphatic rings. The van der Waals surface area contributed by atoms with Crippen molar-refractivity contribution in [2.75, 3.05) is 0 Å². The van der Waals surface area contributed by atoms with Gasteiger partial charge in [-0.1, -0.05) is 18.2 Å². The number of fused-ring (bicyclic) bond motifs is 2. The molecule has 3 heterocycles. The Labute approximate surface area is 180 Å². The van der Waals surface area contributed by atoms with Crippen molar-refractivity contribution in [3.05, 3.63) is 91.8 Å². The van der Waals surface area contributed by atoms with Crippen LogP contribution in [0.2, 0.25) is 0 Å². The fraction of sp³-hybridized carbons (Fsp3) is 0.136. The third kappa shape index (κ3) is 3.31. The standard InChI is InChI=1S/C22H16N6O4/c1-13(2)27-19(25-21(29)15-7-3-4-8-17(15)28(31)32)14(12-23)11-16-20(27)24-18-9-5-6-10-26(18)22(16)30/h3-11,13H,1-2H3. The highest BCUT2D eigenvalue weighted by atomic mass is 16.6. The number of rotatable bonds is 3. The number of nitriles is 1. The fourth-order valence-corrected chi connectivity index (χ4v) is 3.50. The molecule has 0 radical (unpaired) electrons. The molecule has 0 fully saturated rings. The summed E-state index contributed by atoms with van der Waals surface area (Å²) in [5.74, 6) is -0.875. The highest BCUT2D eigenvalue weighted by Gasteiger charge is 2.21. The summed E-state index contributed by atoms with van der Waals surface area (Å²) in [5, 5.41) is 21.3. The second kappa shape index (κ2) is 7.88. The second-order valence-corrected chi connectivity index (χ2v) is 7.23. The number of nitro benzene ring substituents is 1. The molecule has 0 bridgehead atoms. The highest BCUT2D eigenvalue weighted by Crippen LogP contribution is 2.19. The van der Waals surface area contributed by atoms with Crippen molar-refractivity contribution in [1.82, 2.24) is 14.0 Å². The van der Waals surface area contributed by atoms with E-state index in [0.717, 1.165) is 0 Å². The number of pyridine rings is 2. The Balaban J connectivity index is 2.12. The molecule has 10 nitrogen and oxygen atoms in total. The zero-order chi connectivity index (χ0) is 23.0. The molecule has 0 aliphatic heterocycles. The summed E-state index contributed by atoms with van der Waals surface area (Å²) in [6.45, 7) is 3.59. The third-order valence-electron chi connectivity index (χ3n) is 4.91. The molecule has 0 spiro atoms. The number of nitrogens with zero attached hydrogens (tertiary/aromatic N) is 6. The van der Waals surface area contributed by atoms with Gasteiger partial charge in [0, 0.05) is 18.3 Å². The first-order valence-electron chi connectivity index (χ1n) is 9.62. The van der Waals surface area contributed by atoms with E-state index >= 15 is 0 Å². The largest absolute Gasteiger partial charge is 0.306 e. The topological polar surface area (TPSA) is 136 Å². The van der Waals surface area contributed by atoms with Crippen molar-refractivity contribution in [2.45, 2.75) is 19.9 Å². The van der Waals surface area contributed by atoms with Gasteiger partial charge in [-0.2, -0.15) is 10.3 Å². The lowest BCUT2D eigenvalue weighted by atomic mass is 10.1. The smallest absolute Gasteiger partial charge is 0.285 e. The number of hydrogen-bond acceptors (Lipinski definition) is 6. The molecular formula is C22H16N6O4. The lowest BCUT2D eigenvalue weighted by molar-refractivity contribution is -0.385. The van der Waals surface area contributed by atoms with Gasteiger partial charge in [0.15, 0.2) is 5.49 Å². The molecule has 4 rings (SSSR count). The van der Waals surface area contributed by atoms with Crippen LogP contribution < -0.4 is 11.0 Å². The highest BCUT2D eigenvalue weighted by molar-refractivity contribution is 5.98. The number of carbonyl (C=O) groups excluding carboxylic acids is 1. The second-order valence-electron chi connectivity index (χ2n) is 7.23. The maximum absolute atomic E-state index is 13.0. The van der Waals surface area contributed by atoms with Crippen molar-refractivity contribution in [3.63, 3.8) is 0 Å². The molecule has 10 heteroatoms. The molecule has 1 amide bonds. The number of carbonyl (C=O) groups is 1. The van der Waals surface area contributed by atoms with Crippen LogP contribution in [0, 0.1) is 21.4 Å². The molecule has 0 saturated heterocycles. The maximum Gasteiger partial charge on any atom is 0.285 e. The fourth-order valence-electron chi connectivity index (χ4n) is 3.50. The van der Waals surface area contributed by atoms with Gasteiger partial charge in [0.2, 0.25) is 0 Å². The Morgan fingerprint density at radius 1 is 1.22 bits per heavy atom. The molecule has 0 N–H and O–H groups in total. The predicted octanol–water partition coefficient (Wildman–Crippen LogP) is 2.75. The van der Waals surface area contributed by atoms with E-state index in [1.807, 2.05) is 6.07 Å². The molecule has 32 heavy (non-hydrogen) atoms. The Hall–Kier alpha value is -4.65. The molecule has 0 unspecified atom stereocenters. The zero-order valence-corrected chi connectivity index (χ0v) is 17.1. The summed E-state index contributed by atoms with van der Waals surface area (Å²) >= 11 is 0. The summed E-state index contributed by atoms with van der Waals surface area (Å²) in [5.41, 5.74) is -0.363. The van der Waals surface area contributed by atoms with Gasteiger partial charge < -0.3 is 4.57 Å². The van der Waals surface area contributed by atoms with E-state index in [9.17, 15) is 25.0 Å². The van der Waals surface area contributed by atoms with Crippen molar-refractivity contribution in [2.24, 2.45) is 4.99 Å². The van der Waals surface area contributed by atoms with Crippen molar-refractivity contribution < 1.29 is 9.72 Å². The van der Waals surface area contributed by atoms with Gasteiger partial charge in [-0.15, -0.1) is 0 Å². The van der Waals surface area contributed by atoms with E-state index in [0.29, 0.717) is 5.65 Å². The molecule has 0 atom stereocenters. The zero-order valence-electron chi connectivity index (χ0n) is 17.1. The van der Waals surface area contributed by atoms with Crippen LogP contribution in [0.3, 0.4) is 0 Å². The van der Waals surface area contributed by atoms with E-state index in [1.54, 1.807) is 38.2 Å². The molecule has 3 aromatic heterocycles. The number of aromatic nitrogens is 3. The molecule has 158 valence electrons. The predicted molar refractivity (Wildman–Crippen MR) is 115 cm³/mol. The van der Waals surface area contributed by atoms with Crippen LogP contribution in [0.15, 0.2) is 64.5 Å². The van der Waals surface area contributed by atoms with Gasteiger partial charge in [0.1, 0.15) is 22.9 Å². The molecular weight excluding hydrogens is 412 g/mol. The number of amides is 1. The molecule has 0 aliphatic carbocycles. The Morgan fingerprint density at radius 3 is 2.62 bits per heavy atom. The van der Waals surface area contributed by atoms with Gasteiger partial charge in [0.05, 0.1) is 15.9 Å². The first-order chi connectivity index (χ1) is 15.3. The van der Waals surface area contributed by atoms with Crippen LogP contribution in [-0.4, -0.2) is 24.8 Å². The van der Waals surface area contributed by atoms with Gasteiger partial charge in [-0.3, -0.25) is 24.1 Å². The lowest BCUT2D eigenvalue weighted by Crippen LogP contribution is -2.30. The average Bonchev–Trinajstić information content (AvgIpc) is 2.78. The summed E-state index contributed by atoms with van der Waals surface area (Å²) in [7, 11) is 0.